The van der Waals surface area contributed by atoms with E-state index in [0.717, 1.165) is 6.42 Å². The summed E-state index contributed by atoms with van der Waals surface area (Å²) in [5.74, 6) is -0.235. The topological polar surface area (TPSA) is 84.7 Å². The van der Waals surface area contributed by atoms with Crippen LogP contribution in [0.25, 0.3) is 0 Å². The van der Waals surface area contributed by atoms with Gasteiger partial charge in [-0.2, -0.15) is 0 Å². The molecule has 22 heavy (non-hydrogen) atoms. The second kappa shape index (κ2) is 6.25. The minimum absolute atomic E-state index is 0.235. The highest BCUT2D eigenvalue weighted by atomic mass is 16.6. The molecular weight excluding hydrogens is 282 g/mol. The first-order valence-corrected chi connectivity index (χ1v) is 7.43. The molecule has 120 valence electrons. The number of nitrogen functional groups attached to an aromatic ring is 1. The van der Waals surface area contributed by atoms with Gasteiger partial charge in [-0.05, 0) is 45.7 Å². The minimum atomic E-state index is -0.579. The third-order valence-electron chi connectivity index (χ3n) is 3.40. The molecular formula is C16H23N3O3. The number of ether oxygens (including phenoxy) is 1. The quantitative estimate of drug-likeness (QED) is 0.823. The molecule has 0 bridgehead atoms. The molecule has 0 saturated carbocycles. The number of likely N-dealkylation sites (tertiary alicyclic amines) is 1. The number of carbonyl (C=O) groups excluding carboxylic acids is 2. The Bertz CT molecular complexity index is 566. The van der Waals surface area contributed by atoms with Crippen molar-refractivity contribution in [2.24, 2.45) is 0 Å². The maximum atomic E-state index is 12.4. The number of anilines is 2. The van der Waals surface area contributed by atoms with Gasteiger partial charge in [-0.25, -0.2) is 4.79 Å². The normalized spacial score (nSPS) is 18.1. The van der Waals surface area contributed by atoms with E-state index in [2.05, 4.69) is 5.32 Å². The van der Waals surface area contributed by atoms with Crippen LogP contribution in [0.3, 0.4) is 0 Å². The summed E-state index contributed by atoms with van der Waals surface area (Å²) in [4.78, 5) is 26.1. The smallest absolute Gasteiger partial charge is 0.410 e. The summed E-state index contributed by atoms with van der Waals surface area (Å²) in [5.41, 5.74) is 6.30. The maximum Gasteiger partial charge on any atom is 0.410 e. The van der Waals surface area contributed by atoms with Crippen LogP contribution < -0.4 is 11.1 Å². The van der Waals surface area contributed by atoms with Gasteiger partial charge in [0.25, 0.3) is 0 Å². The molecule has 0 radical (unpaired) electrons. The van der Waals surface area contributed by atoms with Gasteiger partial charge in [-0.3, -0.25) is 9.69 Å². The van der Waals surface area contributed by atoms with Gasteiger partial charge in [0.2, 0.25) is 5.91 Å². The molecule has 1 aliphatic heterocycles. The molecule has 0 spiro atoms. The van der Waals surface area contributed by atoms with Gasteiger partial charge in [-0.1, -0.05) is 12.1 Å². The van der Waals surface area contributed by atoms with Gasteiger partial charge in [0.05, 0.1) is 11.4 Å². The van der Waals surface area contributed by atoms with Gasteiger partial charge < -0.3 is 15.8 Å². The van der Waals surface area contributed by atoms with Crippen molar-refractivity contribution in [1.29, 1.82) is 0 Å². The van der Waals surface area contributed by atoms with Crippen molar-refractivity contribution in [1.82, 2.24) is 4.90 Å². The summed E-state index contributed by atoms with van der Waals surface area (Å²) in [6, 6.07) is 6.53. The van der Waals surface area contributed by atoms with E-state index in [1.807, 2.05) is 0 Å². The van der Waals surface area contributed by atoms with Gasteiger partial charge in [0.15, 0.2) is 0 Å². The zero-order valence-electron chi connectivity index (χ0n) is 13.3. The lowest BCUT2D eigenvalue weighted by Crippen LogP contribution is -2.45. The van der Waals surface area contributed by atoms with Crippen LogP contribution in [-0.4, -0.2) is 35.1 Å². The highest BCUT2D eigenvalue weighted by Gasteiger charge is 2.36. The second-order valence-corrected chi connectivity index (χ2v) is 6.41. The van der Waals surface area contributed by atoms with Crippen LogP contribution in [0.2, 0.25) is 0 Å². The first-order valence-electron chi connectivity index (χ1n) is 7.43. The highest BCUT2D eigenvalue weighted by molar-refractivity contribution is 5.98. The molecule has 1 aliphatic rings. The summed E-state index contributed by atoms with van der Waals surface area (Å²) < 4.78 is 5.36. The number of hydrogen-bond acceptors (Lipinski definition) is 4. The largest absolute Gasteiger partial charge is 0.444 e. The van der Waals surface area contributed by atoms with Crippen LogP contribution >= 0.6 is 0 Å². The Morgan fingerprint density at radius 2 is 2.00 bits per heavy atom. The molecule has 1 unspecified atom stereocenters. The molecule has 1 saturated heterocycles. The zero-order valence-corrected chi connectivity index (χ0v) is 13.3. The van der Waals surface area contributed by atoms with Crippen LogP contribution in [-0.2, 0) is 9.53 Å². The summed E-state index contributed by atoms with van der Waals surface area (Å²) in [5, 5.41) is 2.79. The van der Waals surface area contributed by atoms with Gasteiger partial charge >= 0.3 is 6.09 Å². The fourth-order valence-electron chi connectivity index (χ4n) is 2.41. The molecule has 1 aromatic rings. The van der Waals surface area contributed by atoms with Crippen molar-refractivity contribution in [2.75, 3.05) is 17.6 Å². The molecule has 0 aliphatic carbocycles. The van der Waals surface area contributed by atoms with Crippen LogP contribution in [0.1, 0.15) is 33.6 Å². The third-order valence-corrected chi connectivity index (χ3v) is 3.40. The number of nitrogens with two attached hydrogens (primary N) is 1. The van der Waals surface area contributed by atoms with Crippen LogP contribution in [0.5, 0.6) is 0 Å². The Hall–Kier alpha value is -2.24. The van der Waals surface area contributed by atoms with Crippen molar-refractivity contribution >= 4 is 23.4 Å². The van der Waals surface area contributed by atoms with E-state index in [1.165, 1.54) is 4.90 Å². The molecule has 0 aromatic heterocycles. The Morgan fingerprint density at radius 3 is 2.64 bits per heavy atom. The lowest BCUT2D eigenvalue weighted by molar-refractivity contribution is -0.120. The third kappa shape index (κ3) is 3.90. The van der Waals surface area contributed by atoms with Crippen molar-refractivity contribution in [3.05, 3.63) is 24.3 Å². The Balaban J connectivity index is 2.05. The lowest BCUT2D eigenvalue weighted by Gasteiger charge is -2.28. The van der Waals surface area contributed by atoms with E-state index in [-0.39, 0.29) is 5.91 Å². The average Bonchev–Trinajstić information content (AvgIpc) is 2.89. The number of rotatable bonds is 2. The van der Waals surface area contributed by atoms with Crippen LogP contribution in [0, 0.1) is 0 Å². The molecule has 2 amide bonds. The molecule has 6 nitrogen and oxygen atoms in total. The molecule has 6 heteroatoms. The summed E-state index contributed by atoms with van der Waals surface area (Å²) in [7, 11) is 0. The van der Waals surface area contributed by atoms with E-state index in [4.69, 9.17) is 10.5 Å². The Kier molecular flexibility index (Phi) is 4.59. The number of nitrogens with zero attached hydrogens (tertiary/aromatic N) is 1. The van der Waals surface area contributed by atoms with Crippen molar-refractivity contribution in [3.8, 4) is 0 Å². The van der Waals surface area contributed by atoms with Crippen LogP contribution in [0.15, 0.2) is 24.3 Å². The number of nitrogens with one attached hydrogen (secondary N) is 1. The fraction of sp³-hybridized carbons (Fsp3) is 0.500. The van der Waals surface area contributed by atoms with Crippen molar-refractivity contribution < 1.29 is 14.3 Å². The average molecular weight is 305 g/mol. The standard InChI is InChI=1S/C16H23N3O3/c1-16(2,3)22-15(21)19-10-6-9-13(19)14(20)18-12-8-5-4-7-11(12)17/h4-5,7-8,13H,6,9-10,17H2,1-3H3,(H,18,20). The second-order valence-electron chi connectivity index (χ2n) is 6.41. The van der Waals surface area contributed by atoms with E-state index in [9.17, 15) is 9.59 Å². The Morgan fingerprint density at radius 1 is 1.32 bits per heavy atom. The van der Waals surface area contributed by atoms with E-state index in [0.29, 0.717) is 24.3 Å². The molecule has 1 aromatic carbocycles. The number of para-hydroxylation sites is 2. The molecule has 3 N–H and O–H groups in total. The molecule has 2 rings (SSSR count). The number of benzene rings is 1. The van der Waals surface area contributed by atoms with Crippen LogP contribution in [0.4, 0.5) is 16.2 Å². The summed E-state index contributed by atoms with van der Waals surface area (Å²) >= 11 is 0. The molecule has 1 fully saturated rings. The van der Waals surface area contributed by atoms with Gasteiger partial charge in [0, 0.05) is 6.54 Å². The van der Waals surface area contributed by atoms with E-state index < -0.39 is 17.7 Å². The van der Waals surface area contributed by atoms with Gasteiger partial charge in [-0.15, -0.1) is 0 Å². The summed E-state index contributed by atoms with van der Waals surface area (Å²) in [6.45, 7) is 5.94. The lowest BCUT2D eigenvalue weighted by atomic mass is 10.2. The fourth-order valence-corrected chi connectivity index (χ4v) is 2.41. The van der Waals surface area contributed by atoms with Crippen molar-refractivity contribution in [3.63, 3.8) is 0 Å². The number of carbonyl (C=O) groups is 2. The first-order chi connectivity index (χ1) is 10.3. The van der Waals surface area contributed by atoms with Crippen molar-refractivity contribution in [2.45, 2.75) is 45.3 Å². The van der Waals surface area contributed by atoms with Gasteiger partial charge in [0.1, 0.15) is 11.6 Å². The highest BCUT2D eigenvalue weighted by Crippen LogP contribution is 2.23. The molecule has 1 heterocycles. The maximum absolute atomic E-state index is 12.4. The number of amides is 2. The predicted molar refractivity (Wildman–Crippen MR) is 85.4 cm³/mol. The first kappa shape index (κ1) is 16.1. The minimum Gasteiger partial charge on any atom is -0.444 e. The Labute approximate surface area is 130 Å². The zero-order chi connectivity index (χ0) is 16.3. The summed E-state index contributed by atoms with van der Waals surface area (Å²) in [6.07, 6.45) is 0.950. The molecule has 1 atom stereocenters. The van der Waals surface area contributed by atoms with E-state index >= 15 is 0 Å². The predicted octanol–water partition coefficient (Wildman–Crippen LogP) is 2.61. The monoisotopic (exact) mass is 305 g/mol. The SMILES string of the molecule is CC(C)(C)OC(=O)N1CCCC1C(=O)Nc1ccccc1N. The number of hydrogen-bond donors (Lipinski definition) is 2. The van der Waals surface area contributed by atoms with E-state index in [1.54, 1.807) is 45.0 Å².